The molecule has 8 rings (SSSR count). The van der Waals surface area contributed by atoms with Gasteiger partial charge in [-0.15, -0.1) is 0 Å². The number of halogens is 1. The van der Waals surface area contributed by atoms with E-state index in [4.69, 9.17) is 11.6 Å². The van der Waals surface area contributed by atoms with Crippen LogP contribution in [0, 0.1) is 51.2 Å². The first-order valence-corrected chi connectivity index (χ1v) is 13.9. The molecular formula is C29H26ClN3OS. The Kier molecular flexibility index (Phi) is 4.61. The summed E-state index contributed by atoms with van der Waals surface area (Å²) in [5.41, 5.74) is 1.09. The van der Waals surface area contributed by atoms with Crippen LogP contribution in [0.15, 0.2) is 41.1 Å². The number of benzene rings is 1. The van der Waals surface area contributed by atoms with Crippen LogP contribution in [0.3, 0.4) is 0 Å². The Morgan fingerprint density at radius 1 is 1.06 bits per heavy atom. The topological polar surface area (TPSA) is 67.9 Å². The maximum atomic E-state index is 14.9. The highest BCUT2D eigenvalue weighted by Gasteiger charge is 2.67. The summed E-state index contributed by atoms with van der Waals surface area (Å²) in [7, 11) is 0. The number of hydrogen-bond acceptors (Lipinski definition) is 5. The van der Waals surface area contributed by atoms with E-state index in [0.29, 0.717) is 22.8 Å². The number of carbonyl (C=O) groups is 1. The number of hydrogen-bond donors (Lipinski definition) is 0. The number of ketones is 1. The maximum Gasteiger partial charge on any atom is 0.176 e. The van der Waals surface area contributed by atoms with Crippen molar-refractivity contribution in [2.24, 2.45) is 28.6 Å². The summed E-state index contributed by atoms with van der Waals surface area (Å²) in [6, 6.07) is 11.6. The SMILES string of the molecule is N#CC1(C#N)[C@H](c2ccsc2)[C@H](C(=O)C23CC4CC(CC(C4)C2)C3)N2c3ccc(Cl)cc3C=C[C@H]21. The summed E-state index contributed by atoms with van der Waals surface area (Å²) in [5, 5.41) is 25.8. The molecule has 6 aliphatic rings. The van der Waals surface area contributed by atoms with Crippen molar-refractivity contribution in [2.45, 2.75) is 56.5 Å². The van der Waals surface area contributed by atoms with Gasteiger partial charge in [0.05, 0.1) is 24.2 Å². The van der Waals surface area contributed by atoms with E-state index < -0.39 is 23.4 Å². The van der Waals surface area contributed by atoms with Crippen molar-refractivity contribution < 1.29 is 4.79 Å². The first-order chi connectivity index (χ1) is 17.0. The highest BCUT2D eigenvalue weighted by Crippen LogP contribution is 2.63. The number of anilines is 1. The lowest BCUT2D eigenvalue weighted by Crippen LogP contribution is -2.56. The van der Waals surface area contributed by atoms with Crippen LogP contribution in [0.25, 0.3) is 6.08 Å². The minimum atomic E-state index is -1.35. The highest BCUT2D eigenvalue weighted by molar-refractivity contribution is 7.08. The number of fused-ring (bicyclic) bond motifs is 3. The first kappa shape index (κ1) is 21.7. The lowest BCUT2D eigenvalue weighted by atomic mass is 9.47. The molecule has 1 aromatic heterocycles. The molecule has 35 heavy (non-hydrogen) atoms. The van der Waals surface area contributed by atoms with Crippen LogP contribution in [0.5, 0.6) is 0 Å². The Hall–Kier alpha value is -2.60. The standard InChI is InChI=1S/C29H26ClN3OS/c30-22-2-3-23-20(10-22)1-4-24-29(15-31,16-32)25(21-5-6-35-14-21)26(33(23)24)27(34)28-11-17-7-18(12-28)9-19(8-17)13-28/h1-6,10,14,17-19,24-26H,7-9,11-13H2/t17?,18?,19?,24-,25+,26+,28?/m0/s1. The van der Waals surface area contributed by atoms with E-state index in [1.54, 1.807) is 11.3 Å². The summed E-state index contributed by atoms with van der Waals surface area (Å²) >= 11 is 7.89. The van der Waals surface area contributed by atoms with E-state index in [0.717, 1.165) is 36.1 Å². The smallest absolute Gasteiger partial charge is 0.176 e. The third-order valence-electron chi connectivity index (χ3n) is 9.70. The second-order valence-electron chi connectivity index (χ2n) is 11.5. The van der Waals surface area contributed by atoms with Gasteiger partial charge in [0.25, 0.3) is 0 Å². The first-order valence-electron chi connectivity index (χ1n) is 12.6. The molecule has 3 atom stereocenters. The van der Waals surface area contributed by atoms with Crippen molar-refractivity contribution in [3.63, 3.8) is 0 Å². The van der Waals surface area contributed by atoms with Gasteiger partial charge >= 0.3 is 0 Å². The van der Waals surface area contributed by atoms with Crippen LogP contribution in [-0.4, -0.2) is 17.9 Å². The van der Waals surface area contributed by atoms with Gasteiger partial charge in [0.2, 0.25) is 0 Å². The van der Waals surface area contributed by atoms with E-state index in [1.165, 1.54) is 19.3 Å². The molecule has 4 bridgehead atoms. The predicted octanol–water partition coefficient (Wildman–Crippen LogP) is 6.59. The van der Waals surface area contributed by atoms with E-state index in [2.05, 4.69) is 17.0 Å². The molecule has 1 aromatic carbocycles. The quantitative estimate of drug-likeness (QED) is 0.477. The molecule has 1 saturated heterocycles. The monoisotopic (exact) mass is 499 g/mol. The van der Waals surface area contributed by atoms with E-state index in [1.807, 2.05) is 47.2 Å². The molecular weight excluding hydrogens is 474 g/mol. The van der Waals surface area contributed by atoms with Gasteiger partial charge in [-0.2, -0.15) is 21.9 Å². The van der Waals surface area contributed by atoms with Crippen LogP contribution < -0.4 is 4.90 Å². The summed E-state index contributed by atoms with van der Waals surface area (Å²) in [6.07, 6.45) is 10.6. The molecule has 176 valence electrons. The summed E-state index contributed by atoms with van der Waals surface area (Å²) in [5.74, 6) is 1.70. The molecule has 2 aromatic rings. The number of carbonyl (C=O) groups excluding carboxylic acids is 1. The molecule has 4 saturated carbocycles. The van der Waals surface area contributed by atoms with Gasteiger partial charge in [-0.1, -0.05) is 23.8 Å². The molecule has 4 aliphatic carbocycles. The number of rotatable bonds is 3. The summed E-state index contributed by atoms with van der Waals surface area (Å²) in [4.78, 5) is 17.1. The van der Waals surface area contributed by atoms with Crippen molar-refractivity contribution in [3.05, 3.63) is 57.3 Å². The summed E-state index contributed by atoms with van der Waals surface area (Å²) in [6.45, 7) is 0. The predicted molar refractivity (Wildman–Crippen MR) is 137 cm³/mol. The minimum absolute atomic E-state index is 0.265. The van der Waals surface area contributed by atoms with Crippen molar-refractivity contribution >= 4 is 40.5 Å². The lowest BCUT2D eigenvalue weighted by Gasteiger charge is -2.57. The largest absolute Gasteiger partial charge is 0.351 e. The van der Waals surface area contributed by atoms with Gasteiger partial charge in [-0.3, -0.25) is 4.79 Å². The molecule has 2 aliphatic heterocycles. The summed E-state index contributed by atoms with van der Waals surface area (Å²) < 4.78 is 0. The maximum absolute atomic E-state index is 14.9. The molecule has 0 radical (unpaired) electrons. The van der Waals surface area contributed by atoms with Crippen molar-refractivity contribution in [2.75, 3.05) is 4.90 Å². The molecule has 3 heterocycles. The zero-order valence-corrected chi connectivity index (χ0v) is 20.9. The third kappa shape index (κ3) is 2.86. The van der Waals surface area contributed by atoms with Crippen LogP contribution in [-0.2, 0) is 4.79 Å². The molecule has 6 heteroatoms. The fourth-order valence-corrected chi connectivity index (χ4v) is 9.69. The zero-order valence-electron chi connectivity index (χ0n) is 19.4. The zero-order chi connectivity index (χ0) is 23.9. The number of nitrogens with zero attached hydrogens (tertiary/aromatic N) is 3. The van der Waals surface area contributed by atoms with Crippen molar-refractivity contribution in [1.29, 1.82) is 10.5 Å². The molecule has 0 N–H and O–H groups in total. The van der Waals surface area contributed by atoms with Crippen molar-refractivity contribution in [3.8, 4) is 12.1 Å². The number of Topliss-reactive ketones (excluding diaryl/α,β-unsaturated/α-hetero) is 1. The van der Waals surface area contributed by atoms with Crippen LogP contribution in [0.1, 0.15) is 55.6 Å². The fourth-order valence-electron chi connectivity index (χ4n) is 8.82. The molecule has 0 amide bonds. The lowest BCUT2D eigenvalue weighted by molar-refractivity contribution is -0.145. The second-order valence-corrected chi connectivity index (χ2v) is 12.8. The van der Waals surface area contributed by atoms with Gasteiger partial charge in [-0.05, 0) is 102 Å². The van der Waals surface area contributed by atoms with Gasteiger partial charge in [0.1, 0.15) is 0 Å². The number of nitriles is 2. The minimum Gasteiger partial charge on any atom is -0.351 e. The van der Waals surface area contributed by atoms with Crippen molar-refractivity contribution in [1.82, 2.24) is 0 Å². The molecule has 5 fully saturated rings. The van der Waals surface area contributed by atoms with Gasteiger partial charge in [0, 0.05) is 22.0 Å². The Bertz CT molecular complexity index is 1280. The average molecular weight is 500 g/mol. The van der Waals surface area contributed by atoms with Gasteiger partial charge in [-0.25, -0.2) is 0 Å². The highest BCUT2D eigenvalue weighted by atomic mass is 35.5. The average Bonchev–Trinajstić information content (AvgIpc) is 3.47. The number of thiophene rings is 1. The fraction of sp³-hybridized carbons (Fsp3) is 0.483. The Morgan fingerprint density at radius 3 is 2.34 bits per heavy atom. The van der Waals surface area contributed by atoms with Gasteiger partial charge < -0.3 is 4.90 Å². The molecule has 0 unspecified atom stereocenters. The Morgan fingerprint density at radius 2 is 1.74 bits per heavy atom. The van der Waals surface area contributed by atoms with Crippen LogP contribution >= 0.6 is 22.9 Å². The van der Waals surface area contributed by atoms with E-state index >= 15 is 0 Å². The van der Waals surface area contributed by atoms with E-state index in [-0.39, 0.29) is 11.2 Å². The normalized spacial score (nSPS) is 37.4. The molecule has 0 spiro atoms. The van der Waals surface area contributed by atoms with Crippen LogP contribution in [0.4, 0.5) is 5.69 Å². The Labute approximate surface area is 214 Å². The Balaban J connectivity index is 1.44. The van der Waals surface area contributed by atoms with Gasteiger partial charge in [0.15, 0.2) is 11.2 Å². The van der Waals surface area contributed by atoms with Crippen LogP contribution in [0.2, 0.25) is 5.02 Å². The molecule has 4 nitrogen and oxygen atoms in total. The van der Waals surface area contributed by atoms with E-state index in [9.17, 15) is 15.3 Å². The third-order valence-corrected chi connectivity index (χ3v) is 10.6. The second kappa shape index (κ2) is 7.45.